The molecule has 6 aromatic carbocycles. The molecule has 4 aliphatic rings. The van der Waals surface area contributed by atoms with Crippen molar-refractivity contribution in [1.82, 2.24) is 9.80 Å². The van der Waals surface area contributed by atoms with Crippen LogP contribution < -0.4 is 32.4 Å². The molecule has 22 heteroatoms. The molecule has 0 aromatic heterocycles. The molecule has 0 saturated carbocycles. The molecule has 74 heavy (non-hydrogen) atoms. The van der Waals surface area contributed by atoms with Gasteiger partial charge in [-0.2, -0.15) is 9.58 Å². The summed E-state index contributed by atoms with van der Waals surface area (Å²) >= 11 is 0. The fourth-order valence-corrected chi connectivity index (χ4v) is 13.0. The molecule has 2 heterocycles. The van der Waals surface area contributed by atoms with Crippen LogP contribution in [0.25, 0.3) is 54.2 Å². The molecule has 386 valence electrons. The van der Waals surface area contributed by atoms with Gasteiger partial charge in [0.05, 0.1) is 69.2 Å². The lowest BCUT2D eigenvalue weighted by atomic mass is 9.68. The number of phenolic OH excluding ortho intramolecular Hbond substituents is 4. The van der Waals surface area contributed by atoms with Gasteiger partial charge < -0.3 is 70.1 Å². The highest BCUT2D eigenvalue weighted by molar-refractivity contribution is 6.24. The van der Waals surface area contributed by atoms with Crippen LogP contribution in [0.5, 0.6) is 23.0 Å². The van der Waals surface area contributed by atoms with E-state index in [9.17, 15) is 55.8 Å². The first kappa shape index (κ1) is 50.6. The fourth-order valence-electron chi connectivity index (χ4n) is 13.0. The molecule has 0 amide bonds. The molecule has 0 radical (unpaired) electrons. The lowest BCUT2D eigenvalue weighted by Crippen LogP contribution is -2.55. The van der Waals surface area contributed by atoms with E-state index in [4.69, 9.17) is 23.7 Å². The number of carbonyl (C=O) groups is 2. The molecule has 5 N–H and O–H groups in total. The summed E-state index contributed by atoms with van der Waals surface area (Å²) in [6, 6.07) is 3.01. The molecular formula is C52H52N6O16. The van der Waals surface area contributed by atoms with Crippen LogP contribution in [-0.4, -0.2) is 141 Å². The van der Waals surface area contributed by atoms with E-state index < -0.39 is 195 Å². The van der Waals surface area contributed by atoms with Crippen molar-refractivity contribution in [3.63, 3.8) is 0 Å². The Morgan fingerprint density at radius 3 is 1.28 bits per heavy atom. The van der Waals surface area contributed by atoms with Crippen molar-refractivity contribution in [2.75, 3.05) is 41.9 Å². The lowest BCUT2D eigenvalue weighted by Gasteiger charge is -2.45. The molecular weight excluding hydrogens is 965 g/mol. The van der Waals surface area contributed by atoms with E-state index in [2.05, 4.69) is 9.58 Å². The smallest absolute Gasteiger partial charge is 0.333 e. The van der Waals surface area contributed by atoms with Gasteiger partial charge in [-0.1, -0.05) is 0 Å². The lowest BCUT2D eigenvalue weighted by molar-refractivity contribution is -0.255. The zero-order valence-corrected chi connectivity index (χ0v) is 41.2. The van der Waals surface area contributed by atoms with Crippen molar-refractivity contribution in [3.8, 4) is 23.0 Å². The summed E-state index contributed by atoms with van der Waals surface area (Å²) in [6.07, 6.45) is -7.26. The van der Waals surface area contributed by atoms with Gasteiger partial charge in [-0.15, -0.1) is 0 Å². The Bertz CT molecular complexity index is 3550. The second-order valence-corrected chi connectivity index (χ2v) is 20.3. The summed E-state index contributed by atoms with van der Waals surface area (Å²) in [7, 11) is 8.87. The molecule has 10 rings (SSSR count). The molecule has 6 aromatic rings. The second kappa shape index (κ2) is 18.5. The number of ketones is 2. The number of rotatable bonds is 9. The Balaban J connectivity index is 1.21. The van der Waals surface area contributed by atoms with Gasteiger partial charge in [0.25, 0.3) is 0 Å². The Kier molecular flexibility index (Phi) is 12.6. The summed E-state index contributed by atoms with van der Waals surface area (Å²) < 4.78 is 32.2. The third kappa shape index (κ3) is 7.31. The highest BCUT2D eigenvalue weighted by Crippen LogP contribution is 2.53. The number of nitrogens with zero attached hydrogens (tertiary/aromatic N) is 6. The van der Waals surface area contributed by atoms with Gasteiger partial charge in [0.2, 0.25) is 0 Å². The van der Waals surface area contributed by atoms with Gasteiger partial charge in [-0.25, -0.2) is 0 Å². The molecule has 22 nitrogen and oxygen atoms in total. The molecule has 0 spiro atoms. The predicted octanol–water partition coefficient (Wildman–Crippen LogP) is 1.55. The molecule has 12 atom stereocenters. The zero-order valence-electron chi connectivity index (χ0n) is 41.2. The quantitative estimate of drug-likeness (QED) is 0.0779. The highest BCUT2D eigenvalue weighted by Gasteiger charge is 2.54. The van der Waals surface area contributed by atoms with E-state index in [1.807, 2.05) is 38.0 Å². The van der Waals surface area contributed by atoms with Crippen molar-refractivity contribution in [1.29, 1.82) is 0 Å². The van der Waals surface area contributed by atoms with E-state index in [-0.39, 0.29) is 42.7 Å². The van der Waals surface area contributed by atoms with Gasteiger partial charge in [0, 0.05) is 72.3 Å². The highest BCUT2D eigenvalue weighted by atomic mass is 16.7. The Morgan fingerprint density at radius 1 is 0.568 bits per heavy atom. The number of aromatic hydroxyl groups is 4. The first-order valence-electron chi connectivity index (χ1n) is 24.1. The summed E-state index contributed by atoms with van der Waals surface area (Å²) in [5.41, 5.74) is 16.9. The Morgan fingerprint density at radius 2 is 0.932 bits per heavy atom. The van der Waals surface area contributed by atoms with Crippen LogP contribution in [0.1, 0.15) is 83.6 Å². The van der Waals surface area contributed by atoms with Crippen molar-refractivity contribution in [2.24, 2.45) is 17.8 Å². The average Bonchev–Trinajstić information content (AvgIpc) is 3.94. The maximum absolute atomic E-state index is 15.8. The molecule has 2 saturated heterocycles. The van der Waals surface area contributed by atoms with Crippen molar-refractivity contribution in [2.45, 2.75) is 94.7 Å². The van der Waals surface area contributed by atoms with E-state index in [0.29, 0.717) is 0 Å². The van der Waals surface area contributed by atoms with E-state index in [1.165, 1.54) is 7.11 Å². The molecule has 2 aliphatic heterocycles. The number of ether oxygens (including phenoxy) is 5. The topological polar surface area (TPSA) is 329 Å². The minimum absolute atomic E-state index is 0.0917. The summed E-state index contributed by atoms with van der Waals surface area (Å²) in [4.78, 5) is 95.7. The molecule has 2 aliphatic carbocycles. The van der Waals surface area contributed by atoms with Crippen LogP contribution >= 0.6 is 0 Å². The van der Waals surface area contributed by atoms with Crippen LogP contribution in [0.2, 0.25) is 0 Å². The summed E-state index contributed by atoms with van der Waals surface area (Å²) in [6.45, 7) is 3.30. The number of fused-ring (bicyclic) bond motifs is 8. The minimum atomic E-state index is -1.54. The molecule has 0 bridgehead atoms. The molecule has 1 unspecified atom stereocenters. The number of carbonyl (C=O) groups excluding carboxylic acids is 2. The monoisotopic (exact) mass is 1020 g/mol. The van der Waals surface area contributed by atoms with E-state index in [1.54, 1.807) is 13.8 Å². The maximum atomic E-state index is 15.8. The van der Waals surface area contributed by atoms with Gasteiger partial charge in [-0.3, -0.25) is 28.8 Å². The predicted molar refractivity (Wildman–Crippen MR) is 260 cm³/mol. The number of likely N-dealkylation sites (N-methyl/N-ethyl adjacent to an activating group) is 2. The summed E-state index contributed by atoms with van der Waals surface area (Å²) in [5.74, 6) is -8.86. The van der Waals surface area contributed by atoms with Gasteiger partial charge in [-0.05, 0) is 79.1 Å². The number of Topliss-reactive ketones (excluding diaryl/α,β-unsaturated/α-hetero) is 2. The van der Waals surface area contributed by atoms with Crippen molar-refractivity contribution < 1.29 is 68.4 Å². The largest absolute Gasteiger partial charge is 0.506 e. The van der Waals surface area contributed by atoms with Crippen molar-refractivity contribution in [3.05, 3.63) is 109 Å². The van der Waals surface area contributed by atoms with E-state index >= 15 is 9.59 Å². The number of hydrogen-bond donors (Lipinski definition) is 5. The number of aliphatic hydroxyl groups excluding tert-OH is 1. The summed E-state index contributed by atoms with van der Waals surface area (Å²) in [5, 5.41) is 53.2. The number of phenols is 4. The molecule has 2 fully saturated rings. The first-order valence-corrected chi connectivity index (χ1v) is 24.1. The van der Waals surface area contributed by atoms with Crippen molar-refractivity contribution >= 4 is 54.7 Å². The number of methoxy groups -OCH3 is 1. The number of aliphatic hydroxyl groups is 1. The number of benzene rings is 4. The van der Waals surface area contributed by atoms with Crippen LogP contribution in [-0.2, 0) is 23.7 Å². The van der Waals surface area contributed by atoms with Crippen LogP contribution in [0.15, 0.2) is 43.4 Å². The number of hydrogen-bond acceptors (Lipinski definition) is 18. The van der Waals surface area contributed by atoms with Crippen LogP contribution in [0.3, 0.4) is 0 Å². The van der Waals surface area contributed by atoms with Gasteiger partial charge in [0.15, 0.2) is 45.9 Å². The maximum Gasteiger partial charge on any atom is 0.333 e. The standard InChI is InChI=1S/C52H52N6O16/c1-17-45(57(3)4)19(16-59)12-29(71-17)73-26-13-20(47(64)37-35(26)43(55-53)41-39(37)49(66)31-22(60)8-10-24(62)33(31)51(41)68)21-14-27(74-30-15-28(70-7)46(58(5)6)18(2)72-30)36-38(48(21)65)40-42(44(36)56-54)52(69)34-25(63)11-9-23(61)32(34)50(40)67/h8-11,17-21,26-30,45-46,59,66-69H,12-16H2,1-7H3/t17-,18-,19+,20?,21-,26-,27-,28-,29+,30+,45-,46-/m0/s1. The Labute approximate surface area is 418 Å². The minimum Gasteiger partial charge on any atom is -0.506 e. The normalized spacial score (nSPS) is 28.4. The van der Waals surface area contributed by atoms with Gasteiger partial charge in [0.1, 0.15) is 33.8 Å². The Hall–Kier alpha value is -6.94. The SMILES string of the molecule is CO[C@H]1C[C@@H](O[C@H]2C[C@@H](C3C[C@H](O[C@@H]4C[C@H](CO)[C@@H](N(C)C)[C@H](C)O4)c4c(c5c(O)c6c(=O)ccc(=O)c6c(O)c5c4=[N+]=[N-])C3=O)C(=O)c3c2c(=[N+]=[N-])c2c(O)c4c(=O)ccc(=O)c4c(O)c32)O[C@@H](C)[C@@H]1N(C)C. The average molecular weight is 1020 g/mol. The van der Waals surface area contributed by atoms with E-state index in [0.717, 1.165) is 24.3 Å². The second-order valence-electron chi connectivity index (χ2n) is 20.3. The third-order valence-corrected chi connectivity index (χ3v) is 15.9. The van der Waals surface area contributed by atoms with Crippen LogP contribution in [0, 0.1) is 17.8 Å². The van der Waals surface area contributed by atoms with Gasteiger partial charge >= 0.3 is 10.7 Å². The first-order chi connectivity index (χ1) is 35.2. The zero-order chi connectivity index (χ0) is 53.3. The fraction of sp³-hybridized carbons (Fsp3) is 0.462. The van der Waals surface area contributed by atoms with Crippen LogP contribution in [0.4, 0.5) is 0 Å². The third-order valence-electron chi connectivity index (χ3n) is 15.9.